The Kier molecular flexibility index (Phi) is 12.6. The first kappa shape index (κ1) is 36.8. The van der Waals surface area contributed by atoms with Crippen molar-refractivity contribution < 1.29 is 33.8 Å². The molecule has 0 saturated heterocycles. The number of hydrogen-bond acceptors (Lipinski definition) is 7. The average Bonchev–Trinajstić information content (AvgIpc) is 3.12. The van der Waals surface area contributed by atoms with Gasteiger partial charge < -0.3 is 29.1 Å². The van der Waals surface area contributed by atoms with Crippen LogP contribution in [0.5, 0.6) is 0 Å². The van der Waals surface area contributed by atoms with E-state index in [4.69, 9.17) is 19.1 Å². The highest BCUT2D eigenvalue weighted by atomic mass is 16.5. The van der Waals surface area contributed by atoms with Crippen LogP contribution < -0.4 is 19.9 Å². The van der Waals surface area contributed by atoms with Crippen LogP contribution in [-0.4, -0.2) is 49.3 Å². The Hall–Kier alpha value is -5.44. The van der Waals surface area contributed by atoms with E-state index in [9.17, 15) is 14.7 Å². The summed E-state index contributed by atoms with van der Waals surface area (Å²) >= 11 is 0. The number of carbonyl (C=O) groups excluding carboxylic acids is 2. The number of carboxylic acids is 2. The first-order valence-electron chi connectivity index (χ1n) is 17.6. The number of nitrogens with zero attached hydrogens (tertiary/aromatic N) is 2. The minimum Gasteiger partial charge on any atom is -0.545 e. The molecular weight excluding hydrogens is 644 g/mol. The Labute approximate surface area is 298 Å². The highest BCUT2D eigenvalue weighted by molar-refractivity contribution is 6.07. The highest BCUT2D eigenvalue weighted by Gasteiger charge is 2.23. The molecule has 51 heavy (non-hydrogen) atoms. The smallest absolute Gasteiger partial charge is 0.302 e. The zero-order valence-corrected chi connectivity index (χ0v) is 29.4. The summed E-state index contributed by atoms with van der Waals surface area (Å²) in [5.74, 6) is -0.703. The van der Waals surface area contributed by atoms with Gasteiger partial charge in [0.15, 0.2) is 6.54 Å². The molecule has 266 valence electrons. The van der Waals surface area contributed by atoms with E-state index < -0.39 is 11.9 Å². The molecular formula is C42H46N2O7. The molecule has 9 heteroatoms. The molecule has 0 bridgehead atoms. The van der Waals surface area contributed by atoms with Crippen molar-refractivity contribution in [3.8, 4) is 22.5 Å². The number of fused-ring (bicyclic) bond motifs is 2. The van der Waals surface area contributed by atoms with E-state index in [0.29, 0.717) is 35.3 Å². The first-order chi connectivity index (χ1) is 24.6. The number of carboxylic acid groups (broad SMARTS) is 2. The van der Waals surface area contributed by atoms with Gasteiger partial charge in [-0.1, -0.05) is 55.1 Å². The van der Waals surface area contributed by atoms with E-state index >= 15 is 0 Å². The summed E-state index contributed by atoms with van der Waals surface area (Å²) in [6, 6.07) is 19.2. The lowest BCUT2D eigenvalue weighted by atomic mass is 9.90. The lowest BCUT2D eigenvalue weighted by Crippen LogP contribution is -2.37. The van der Waals surface area contributed by atoms with Crippen LogP contribution in [0.1, 0.15) is 62.7 Å². The summed E-state index contributed by atoms with van der Waals surface area (Å²) in [7, 11) is 0. The van der Waals surface area contributed by atoms with Crippen molar-refractivity contribution in [2.75, 3.05) is 31.1 Å². The van der Waals surface area contributed by atoms with Gasteiger partial charge in [0.2, 0.25) is 5.36 Å². The number of hydrogen-bond donors (Lipinski definition) is 1. The fourth-order valence-electron chi connectivity index (χ4n) is 6.96. The topological polar surface area (TPSA) is 123 Å². The zero-order chi connectivity index (χ0) is 36.3. The fraction of sp³-hybridized carbons (Fsp3) is 0.333. The predicted molar refractivity (Wildman–Crippen MR) is 198 cm³/mol. The largest absolute Gasteiger partial charge is 0.545 e. The highest BCUT2D eigenvalue weighted by Crippen LogP contribution is 2.42. The molecule has 2 atom stereocenters. The Balaban J connectivity index is 0.00000120. The Morgan fingerprint density at radius 1 is 0.961 bits per heavy atom. The Bertz CT molecular complexity index is 1980. The van der Waals surface area contributed by atoms with E-state index in [-0.39, 0.29) is 18.1 Å². The van der Waals surface area contributed by atoms with Crippen molar-refractivity contribution in [3.05, 3.63) is 109 Å². The second-order valence-electron chi connectivity index (χ2n) is 13.1. The molecule has 0 radical (unpaired) electrons. The summed E-state index contributed by atoms with van der Waals surface area (Å²) in [5.41, 5.74) is 3.90. The van der Waals surface area contributed by atoms with Gasteiger partial charge in [-0.25, -0.2) is 4.58 Å². The molecule has 6 rings (SSSR count). The van der Waals surface area contributed by atoms with E-state index in [1.807, 2.05) is 48.7 Å². The Morgan fingerprint density at radius 2 is 1.67 bits per heavy atom. The quantitative estimate of drug-likeness (QED) is 0.0803. The van der Waals surface area contributed by atoms with Gasteiger partial charge in [0.05, 0.1) is 12.0 Å². The maximum Gasteiger partial charge on any atom is 0.302 e. The second kappa shape index (κ2) is 17.5. The molecule has 0 amide bonds. The van der Waals surface area contributed by atoms with Crippen molar-refractivity contribution in [1.82, 2.24) is 4.58 Å². The number of ether oxygens (including phenoxy) is 1. The third-order valence-electron chi connectivity index (χ3n) is 9.38. The molecule has 4 aliphatic rings. The normalized spacial score (nSPS) is 17.3. The van der Waals surface area contributed by atoms with Gasteiger partial charge in [-0.05, 0) is 74.4 Å². The molecule has 9 nitrogen and oxygen atoms in total. The predicted octanol–water partition coefficient (Wildman–Crippen LogP) is 6.66. The van der Waals surface area contributed by atoms with Crippen LogP contribution in [-0.2, 0) is 14.3 Å². The summed E-state index contributed by atoms with van der Waals surface area (Å²) in [5, 5.41) is 21.5. The average molecular weight is 691 g/mol. The van der Waals surface area contributed by atoms with Gasteiger partial charge in [0.1, 0.15) is 24.5 Å². The number of rotatable bonds is 11. The van der Waals surface area contributed by atoms with Crippen LogP contribution >= 0.6 is 0 Å². The molecule has 2 aromatic carbocycles. The van der Waals surface area contributed by atoms with Crippen molar-refractivity contribution in [2.24, 2.45) is 11.8 Å². The second-order valence-corrected chi connectivity index (χ2v) is 13.1. The summed E-state index contributed by atoms with van der Waals surface area (Å²) in [6.07, 6.45) is 17.3. The summed E-state index contributed by atoms with van der Waals surface area (Å²) in [6.45, 7) is 9.12. The summed E-state index contributed by atoms with van der Waals surface area (Å²) in [4.78, 5) is 35.1. The number of benzene rings is 3. The maximum atomic E-state index is 12.3. The third-order valence-corrected chi connectivity index (χ3v) is 9.38. The van der Waals surface area contributed by atoms with Gasteiger partial charge in [0, 0.05) is 66.2 Å². The minimum atomic E-state index is -1.23. The van der Waals surface area contributed by atoms with Crippen LogP contribution in [0.3, 0.4) is 0 Å². The lowest BCUT2D eigenvalue weighted by molar-refractivity contribution is -0.255. The van der Waals surface area contributed by atoms with Crippen molar-refractivity contribution in [1.29, 1.82) is 0 Å². The number of aromatic carboxylic acids is 1. The van der Waals surface area contributed by atoms with Crippen molar-refractivity contribution >= 4 is 34.6 Å². The molecule has 2 aromatic rings. The first-order valence-corrected chi connectivity index (χ1v) is 17.6. The molecule has 0 aromatic heterocycles. The molecule has 1 N–H and O–H groups in total. The SMILES string of the molecule is C=CN(CC1CC=CCC1)c1ccc2c(-c3ccccc3C(=O)[O-])c3ccc(=[N+](CCOC(C)=O)CC4CC=CCC4)cc-3oc2c1.CC(=O)O. The standard InChI is InChI=1S/C40H42N2O5.C2H4O2/c1-3-41(26-29-12-6-4-7-13-29)31-18-20-35-37(24-31)47-38-25-32(42(22-23-46-28(2)43)27-30-14-8-5-9-15-30)19-21-36(38)39(35)33-16-10-11-17-34(33)40(44)45;1-2(3)4/h3-6,8,10-11,16-21,24-25,29-30H,1,7,9,12-15,22-23,26-27H2,2H3;1H3,(H,3,4). The monoisotopic (exact) mass is 690 g/mol. The van der Waals surface area contributed by atoms with E-state index in [1.165, 1.54) is 6.92 Å². The van der Waals surface area contributed by atoms with Gasteiger partial charge in [-0.15, -0.1) is 0 Å². The lowest BCUT2D eigenvalue weighted by Gasteiger charge is -2.27. The number of anilines is 1. The maximum absolute atomic E-state index is 12.3. The molecule has 3 aliphatic carbocycles. The van der Waals surface area contributed by atoms with E-state index in [0.717, 1.165) is 86.1 Å². The van der Waals surface area contributed by atoms with Crippen LogP contribution in [0.2, 0.25) is 0 Å². The van der Waals surface area contributed by atoms with Crippen molar-refractivity contribution in [3.63, 3.8) is 0 Å². The van der Waals surface area contributed by atoms with Crippen LogP contribution in [0.15, 0.2) is 102 Å². The van der Waals surface area contributed by atoms with Gasteiger partial charge >= 0.3 is 5.97 Å². The van der Waals surface area contributed by atoms with Gasteiger partial charge in [-0.2, -0.15) is 0 Å². The van der Waals surface area contributed by atoms with Crippen LogP contribution in [0.25, 0.3) is 33.4 Å². The number of esters is 1. The minimum absolute atomic E-state index is 0.126. The number of carbonyl (C=O) groups is 3. The third kappa shape index (κ3) is 9.63. The number of allylic oxidation sites excluding steroid dienone is 4. The molecule has 0 fully saturated rings. The zero-order valence-electron chi connectivity index (χ0n) is 29.4. The molecule has 1 heterocycles. The van der Waals surface area contributed by atoms with Crippen molar-refractivity contribution in [2.45, 2.75) is 52.4 Å². The molecule has 2 unspecified atom stereocenters. The van der Waals surface area contributed by atoms with Crippen LogP contribution in [0.4, 0.5) is 5.69 Å². The van der Waals surface area contributed by atoms with E-state index in [1.54, 1.807) is 12.1 Å². The van der Waals surface area contributed by atoms with Gasteiger partial charge in [0.25, 0.3) is 5.97 Å². The van der Waals surface area contributed by atoms with Crippen LogP contribution in [0, 0.1) is 11.8 Å². The van der Waals surface area contributed by atoms with Gasteiger partial charge in [-0.3, -0.25) is 9.59 Å². The fourth-order valence-corrected chi connectivity index (χ4v) is 6.96. The molecule has 1 aliphatic heterocycles. The Morgan fingerprint density at radius 3 is 2.31 bits per heavy atom. The summed E-state index contributed by atoms with van der Waals surface area (Å²) < 4.78 is 14.3. The molecule has 0 spiro atoms. The molecule has 0 saturated carbocycles. The van der Waals surface area contributed by atoms with E-state index in [2.05, 4.69) is 46.4 Å². The number of aliphatic carboxylic acids is 1.